The normalized spacial score (nSPS) is 20.8. The first kappa shape index (κ1) is 12.6. The Morgan fingerprint density at radius 3 is 3.12 bits per heavy atom. The number of rotatable bonds is 4. The van der Waals surface area contributed by atoms with Gasteiger partial charge in [0.25, 0.3) is 0 Å². The molecule has 1 unspecified atom stereocenters. The quantitative estimate of drug-likeness (QED) is 0.837. The molecule has 1 aliphatic heterocycles. The zero-order valence-electron chi connectivity index (χ0n) is 10.4. The molecule has 1 fully saturated rings. The molecule has 1 aromatic heterocycles. The monoisotopic (exact) mass is 254 g/mol. The Morgan fingerprint density at radius 2 is 2.41 bits per heavy atom. The minimum absolute atomic E-state index is 0.305. The molecule has 0 bridgehead atoms. The third kappa shape index (κ3) is 3.30. The summed E-state index contributed by atoms with van der Waals surface area (Å²) >= 11 is 5.79. The Bertz CT molecular complexity index is 383. The molecular weight excluding hydrogens is 236 g/mol. The lowest BCUT2D eigenvalue weighted by Gasteiger charge is -2.14. The third-order valence-electron chi connectivity index (χ3n) is 3.32. The molecule has 0 saturated carbocycles. The average Bonchev–Trinajstić information content (AvgIpc) is 2.78. The number of nitrogens with one attached hydrogen (secondary N) is 1. The molecule has 1 aromatic rings. The molecule has 1 atom stereocenters. The number of anilines is 1. The summed E-state index contributed by atoms with van der Waals surface area (Å²) in [6, 6.07) is 0. The second kappa shape index (κ2) is 5.65. The van der Waals surface area contributed by atoms with E-state index in [0.29, 0.717) is 11.2 Å². The summed E-state index contributed by atoms with van der Waals surface area (Å²) in [5.74, 6) is 1.57. The molecule has 5 heteroatoms. The topological polar surface area (TPSA) is 41.0 Å². The summed E-state index contributed by atoms with van der Waals surface area (Å²) in [4.78, 5) is 10.6. The number of likely N-dealkylation sites (tertiary alicyclic amines) is 1. The number of aryl methyl sites for hydroxylation is 1. The van der Waals surface area contributed by atoms with Gasteiger partial charge in [-0.2, -0.15) is 0 Å². The summed E-state index contributed by atoms with van der Waals surface area (Å²) in [7, 11) is 0. The van der Waals surface area contributed by atoms with Crippen molar-refractivity contribution >= 4 is 17.4 Å². The van der Waals surface area contributed by atoms with E-state index >= 15 is 0 Å². The van der Waals surface area contributed by atoms with E-state index in [-0.39, 0.29) is 0 Å². The predicted octanol–water partition coefficient (Wildman–Crippen LogP) is 2.19. The summed E-state index contributed by atoms with van der Waals surface area (Å²) < 4.78 is 0. The first-order valence-electron chi connectivity index (χ1n) is 6.14. The number of aromatic nitrogens is 2. The van der Waals surface area contributed by atoms with E-state index in [4.69, 9.17) is 11.6 Å². The molecule has 0 radical (unpaired) electrons. The van der Waals surface area contributed by atoms with Gasteiger partial charge in [-0.1, -0.05) is 6.92 Å². The molecular formula is C12H19ClN4. The highest BCUT2D eigenvalue weighted by molar-refractivity contribution is 6.28. The van der Waals surface area contributed by atoms with E-state index in [1.165, 1.54) is 19.5 Å². The fourth-order valence-electron chi connectivity index (χ4n) is 2.21. The molecule has 0 spiro atoms. The molecule has 17 heavy (non-hydrogen) atoms. The molecule has 1 N–H and O–H groups in total. The Balaban J connectivity index is 1.88. The van der Waals surface area contributed by atoms with Gasteiger partial charge in [-0.3, -0.25) is 0 Å². The lowest BCUT2D eigenvalue weighted by atomic mass is 10.1. The summed E-state index contributed by atoms with van der Waals surface area (Å²) in [6.07, 6.45) is 3.02. The summed E-state index contributed by atoms with van der Waals surface area (Å²) in [5, 5.41) is 3.68. The van der Waals surface area contributed by atoms with E-state index in [0.717, 1.165) is 24.5 Å². The second-order valence-electron chi connectivity index (χ2n) is 4.60. The highest BCUT2D eigenvalue weighted by atomic mass is 35.5. The van der Waals surface area contributed by atoms with Crippen LogP contribution in [0.25, 0.3) is 0 Å². The predicted molar refractivity (Wildman–Crippen MR) is 70.5 cm³/mol. The fourth-order valence-corrected chi connectivity index (χ4v) is 2.34. The maximum Gasteiger partial charge on any atom is 0.224 e. The zero-order valence-corrected chi connectivity index (χ0v) is 11.2. The Morgan fingerprint density at radius 1 is 1.59 bits per heavy atom. The van der Waals surface area contributed by atoms with Crippen LogP contribution in [0.5, 0.6) is 0 Å². The van der Waals surface area contributed by atoms with E-state index in [1.807, 2.05) is 6.92 Å². The summed E-state index contributed by atoms with van der Waals surface area (Å²) in [6.45, 7) is 8.71. The van der Waals surface area contributed by atoms with Crippen LogP contribution in [0.15, 0.2) is 6.20 Å². The molecule has 0 aromatic carbocycles. The van der Waals surface area contributed by atoms with Crippen LogP contribution in [0, 0.1) is 12.8 Å². The smallest absolute Gasteiger partial charge is 0.224 e. The summed E-state index contributed by atoms with van der Waals surface area (Å²) in [5.41, 5.74) is 1.04. The van der Waals surface area contributed by atoms with E-state index < -0.39 is 0 Å². The highest BCUT2D eigenvalue weighted by Crippen LogP contribution is 2.18. The van der Waals surface area contributed by atoms with Gasteiger partial charge in [-0.15, -0.1) is 0 Å². The van der Waals surface area contributed by atoms with Crippen LogP contribution in [0.2, 0.25) is 5.28 Å². The SMILES string of the molecule is CCN1CCC(CNc2nc(Cl)ncc2C)C1. The van der Waals surface area contributed by atoms with Crippen molar-refractivity contribution in [1.29, 1.82) is 0 Å². The van der Waals surface area contributed by atoms with Gasteiger partial charge < -0.3 is 10.2 Å². The van der Waals surface area contributed by atoms with Crippen LogP contribution in [0.1, 0.15) is 18.9 Å². The maximum absolute atomic E-state index is 5.79. The number of hydrogen-bond acceptors (Lipinski definition) is 4. The van der Waals surface area contributed by atoms with Gasteiger partial charge in [0.05, 0.1) is 0 Å². The molecule has 0 amide bonds. The van der Waals surface area contributed by atoms with Crippen LogP contribution < -0.4 is 5.32 Å². The van der Waals surface area contributed by atoms with E-state index in [1.54, 1.807) is 6.20 Å². The van der Waals surface area contributed by atoms with Crippen molar-refractivity contribution in [3.05, 3.63) is 17.0 Å². The van der Waals surface area contributed by atoms with Gasteiger partial charge >= 0.3 is 0 Å². The van der Waals surface area contributed by atoms with Crippen molar-refractivity contribution < 1.29 is 0 Å². The minimum atomic E-state index is 0.305. The molecule has 94 valence electrons. The molecule has 0 aliphatic carbocycles. The van der Waals surface area contributed by atoms with Crippen LogP contribution in [0.3, 0.4) is 0 Å². The van der Waals surface area contributed by atoms with Crippen molar-refractivity contribution in [3.63, 3.8) is 0 Å². The molecule has 2 heterocycles. The van der Waals surface area contributed by atoms with Crippen LogP contribution in [-0.2, 0) is 0 Å². The van der Waals surface area contributed by atoms with Crippen molar-refractivity contribution in [2.75, 3.05) is 31.5 Å². The first-order valence-corrected chi connectivity index (χ1v) is 6.52. The average molecular weight is 255 g/mol. The lowest BCUT2D eigenvalue weighted by Crippen LogP contribution is -2.22. The number of nitrogens with zero attached hydrogens (tertiary/aromatic N) is 3. The van der Waals surface area contributed by atoms with Crippen molar-refractivity contribution in [2.45, 2.75) is 20.3 Å². The highest BCUT2D eigenvalue weighted by Gasteiger charge is 2.20. The Kier molecular flexibility index (Phi) is 4.18. The maximum atomic E-state index is 5.79. The second-order valence-corrected chi connectivity index (χ2v) is 4.94. The minimum Gasteiger partial charge on any atom is -0.369 e. The van der Waals surface area contributed by atoms with Crippen molar-refractivity contribution in [1.82, 2.24) is 14.9 Å². The Hall–Kier alpha value is -0.870. The van der Waals surface area contributed by atoms with E-state index in [2.05, 4.69) is 27.1 Å². The van der Waals surface area contributed by atoms with Gasteiger partial charge in [-0.25, -0.2) is 9.97 Å². The van der Waals surface area contributed by atoms with Gasteiger partial charge in [-0.05, 0) is 44.0 Å². The molecule has 1 saturated heterocycles. The molecule has 1 aliphatic rings. The zero-order chi connectivity index (χ0) is 12.3. The third-order valence-corrected chi connectivity index (χ3v) is 3.50. The van der Waals surface area contributed by atoms with Crippen LogP contribution in [-0.4, -0.2) is 41.0 Å². The van der Waals surface area contributed by atoms with Crippen LogP contribution in [0.4, 0.5) is 5.82 Å². The molecule has 4 nitrogen and oxygen atoms in total. The number of hydrogen-bond donors (Lipinski definition) is 1. The van der Waals surface area contributed by atoms with Crippen LogP contribution >= 0.6 is 11.6 Å². The van der Waals surface area contributed by atoms with Crippen molar-refractivity contribution in [3.8, 4) is 0 Å². The Labute approximate surface area is 107 Å². The van der Waals surface area contributed by atoms with E-state index in [9.17, 15) is 0 Å². The van der Waals surface area contributed by atoms with Gasteiger partial charge in [0, 0.05) is 24.8 Å². The largest absolute Gasteiger partial charge is 0.369 e. The lowest BCUT2D eigenvalue weighted by molar-refractivity contribution is 0.345. The van der Waals surface area contributed by atoms with Gasteiger partial charge in [0.15, 0.2) is 0 Å². The number of halogens is 1. The fraction of sp³-hybridized carbons (Fsp3) is 0.667. The standard InChI is InChI=1S/C12H19ClN4/c1-3-17-5-4-10(8-17)7-14-11-9(2)6-15-12(13)16-11/h6,10H,3-5,7-8H2,1-2H3,(H,14,15,16). The van der Waals surface area contributed by atoms with Crippen molar-refractivity contribution in [2.24, 2.45) is 5.92 Å². The van der Waals surface area contributed by atoms with Gasteiger partial charge in [0.1, 0.15) is 5.82 Å². The first-order chi connectivity index (χ1) is 8.19. The van der Waals surface area contributed by atoms with Gasteiger partial charge in [0.2, 0.25) is 5.28 Å². The molecule has 2 rings (SSSR count).